The van der Waals surface area contributed by atoms with Crippen molar-refractivity contribution >= 4 is 35.0 Å². The number of amides is 1. The molecule has 2 aromatic carbocycles. The number of aromatic nitrogens is 3. The molecule has 0 aliphatic rings. The van der Waals surface area contributed by atoms with Crippen LogP contribution < -0.4 is 10.1 Å². The second kappa shape index (κ2) is 9.80. The number of para-hydroxylation sites is 1. The first-order chi connectivity index (χ1) is 14.0. The molecule has 1 heterocycles. The van der Waals surface area contributed by atoms with Gasteiger partial charge in [-0.15, -0.1) is 10.2 Å². The van der Waals surface area contributed by atoms with Crippen molar-refractivity contribution in [1.29, 1.82) is 0 Å². The lowest BCUT2D eigenvalue weighted by atomic mass is 10.2. The summed E-state index contributed by atoms with van der Waals surface area (Å²) in [5.74, 6) is 1.59. The Kier molecular flexibility index (Phi) is 7.17. The van der Waals surface area contributed by atoms with Crippen LogP contribution in [-0.2, 0) is 11.3 Å². The van der Waals surface area contributed by atoms with Gasteiger partial charge in [0.1, 0.15) is 5.75 Å². The largest absolute Gasteiger partial charge is 0.483 e. The van der Waals surface area contributed by atoms with E-state index in [0.29, 0.717) is 22.4 Å². The van der Waals surface area contributed by atoms with Crippen molar-refractivity contribution in [2.75, 3.05) is 11.1 Å². The highest BCUT2D eigenvalue weighted by Gasteiger charge is 2.19. The van der Waals surface area contributed by atoms with Gasteiger partial charge in [0.2, 0.25) is 5.91 Å². The third-order valence-corrected chi connectivity index (χ3v) is 5.64. The predicted octanol–water partition coefficient (Wildman–Crippen LogP) is 5.13. The molecule has 3 rings (SSSR count). The maximum Gasteiger partial charge on any atom is 0.234 e. The molecule has 0 unspecified atom stereocenters. The van der Waals surface area contributed by atoms with E-state index >= 15 is 0 Å². The second-order valence-corrected chi connectivity index (χ2v) is 7.81. The van der Waals surface area contributed by atoms with Crippen molar-refractivity contribution < 1.29 is 9.53 Å². The predicted molar refractivity (Wildman–Crippen MR) is 117 cm³/mol. The van der Waals surface area contributed by atoms with Gasteiger partial charge in [-0.2, -0.15) is 0 Å². The lowest BCUT2D eigenvalue weighted by Gasteiger charge is -2.15. The zero-order valence-electron chi connectivity index (χ0n) is 16.6. The summed E-state index contributed by atoms with van der Waals surface area (Å²) in [7, 11) is 0. The fourth-order valence-electron chi connectivity index (χ4n) is 2.76. The first kappa shape index (κ1) is 21.2. The maximum atomic E-state index is 12.3. The lowest BCUT2D eigenvalue weighted by Crippen LogP contribution is -2.15. The van der Waals surface area contributed by atoms with Crippen LogP contribution in [-0.4, -0.2) is 26.4 Å². The normalized spacial score (nSPS) is 11.9. The number of anilines is 1. The molecule has 8 heteroatoms. The van der Waals surface area contributed by atoms with E-state index in [1.54, 1.807) is 6.07 Å². The summed E-state index contributed by atoms with van der Waals surface area (Å²) in [6, 6.07) is 15.0. The van der Waals surface area contributed by atoms with Crippen molar-refractivity contribution in [3.05, 3.63) is 64.9 Å². The number of halogens is 1. The van der Waals surface area contributed by atoms with Gasteiger partial charge in [-0.05, 0) is 50.6 Å². The molecule has 0 aliphatic heterocycles. The number of hydrogen-bond acceptors (Lipinski definition) is 5. The highest BCUT2D eigenvalue weighted by atomic mass is 35.5. The third-order valence-electron chi connectivity index (χ3n) is 4.27. The van der Waals surface area contributed by atoms with Crippen molar-refractivity contribution in [1.82, 2.24) is 14.8 Å². The number of carbonyl (C=O) groups excluding carboxylic acids is 1. The summed E-state index contributed by atoms with van der Waals surface area (Å²) < 4.78 is 7.92. The fraction of sp³-hybridized carbons (Fsp3) is 0.286. The molecule has 1 aromatic heterocycles. The number of nitrogens with zero attached hydrogens (tertiary/aromatic N) is 3. The lowest BCUT2D eigenvalue weighted by molar-refractivity contribution is -0.113. The molecule has 1 atom stereocenters. The van der Waals surface area contributed by atoms with Crippen molar-refractivity contribution in [3.8, 4) is 5.75 Å². The number of nitrogens with one attached hydrogen (secondary N) is 1. The van der Waals surface area contributed by atoms with Crippen LogP contribution in [0, 0.1) is 6.92 Å². The van der Waals surface area contributed by atoms with Gasteiger partial charge in [-0.3, -0.25) is 4.79 Å². The third kappa shape index (κ3) is 5.52. The van der Waals surface area contributed by atoms with Gasteiger partial charge in [0, 0.05) is 17.3 Å². The van der Waals surface area contributed by atoms with Crippen LogP contribution in [0.1, 0.15) is 31.3 Å². The van der Waals surface area contributed by atoms with E-state index in [9.17, 15) is 4.79 Å². The Morgan fingerprint density at radius 1 is 1.24 bits per heavy atom. The summed E-state index contributed by atoms with van der Waals surface area (Å²) in [6.07, 6.45) is -0.261. The summed E-state index contributed by atoms with van der Waals surface area (Å²) in [4.78, 5) is 12.3. The zero-order valence-corrected chi connectivity index (χ0v) is 18.1. The number of benzene rings is 2. The minimum atomic E-state index is -0.261. The van der Waals surface area contributed by atoms with E-state index in [4.69, 9.17) is 16.3 Å². The van der Waals surface area contributed by atoms with Gasteiger partial charge in [0.05, 0.1) is 5.75 Å². The Balaban J connectivity index is 1.62. The summed E-state index contributed by atoms with van der Waals surface area (Å²) in [5, 5.41) is 12.7. The Bertz CT molecular complexity index is 978. The van der Waals surface area contributed by atoms with Gasteiger partial charge in [0.25, 0.3) is 0 Å². The highest BCUT2D eigenvalue weighted by molar-refractivity contribution is 7.99. The SMILES string of the molecule is CCn1c(SCC(=O)Nc2ccc(C)c(Cl)c2)nnc1[C@H](C)Oc1ccccc1. The Morgan fingerprint density at radius 2 is 2.00 bits per heavy atom. The van der Waals surface area contributed by atoms with Crippen molar-refractivity contribution in [2.24, 2.45) is 0 Å². The number of rotatable bonds is 8. The fourth-order valence-corrected chi connectivity index (χ4v) is 3.75. The van der Waals surface area contributed by atoms with Gasteiger partial charge in [0.15, 0.2) is 17.1 Å². The van der Waals surface area contributed by atoms with E-state index in [2.05, 4.69) is 15.5 Å². The topological polar surface area (TPSA) is 69.0 Å². The minimum Gasteiger partial charge on any atom is -0.483 e. The number of ether oxygens (including phenoxy) is 1. The van der Waals surface area contributed by atoms with Gasteiger partial charge >= 0.3 is 0 Å². The Hall–Kier alpha value is -2.51. The maximum absolute atomic E-state index is 12.3. The molecule has 6 nitrogen and oxygen atoms in total. The van der Waals surface area contributed by atoms with Crippen LogP contribution in [0.2, 0.25) is 5.02 Å². The average Bonchev–Trinajstić information content (AvgIpc) is 3.13. The van der Waals surface area contributed by atoms with Crippen LogP contribution in [0.25, 0.3) is 0 Å². The summed E-state index contributed by atoms with van der Waals surface area (Å²) in [5.41, 5.74) is 1.64. The molecule has 3 aromatic rings. The number of aryl methyl sites for hydroxylation is 1. The molecule has 0 spiro atoms. The quantitative estimate of drug-likeness (QED) is 0.501. The Labute approximate surface area is 179 Å². The van der Waals surface area contributed by atoms with Gasteiger partial charge in [-0.1, -0.05) is 47.6 Å². The van der Waals surface area contributed by atoms with E-state index < -0.39 is 0 Å². The van der Waals surface area contributed by atoms with Crippen LogP contribution in [0.4, 0.5) is 5.69 Å². The molecular weight excluding hydrogens is 408 g/mol. The first-order valence-electron chi connectivity index (χ1n) is 9.31. The second-order valence-electron chi connectivity index (χ2n) is 6.46. The van der Waals surface area contributed by atoms with Crippen LogP contribution >= 0.6 is 23.4 Å². The van der Waals surface area contributed by atoms with Crippen LogP contribution in [0.15, 0.2) is 53.7 Å². The molecule has 0 fully saturated rings. The summed E-state index contributed by atoms with van der Waals surface area (Å²) >= 11 is 7.45. The highest BCUT2D eigenvalue weighted by Crippen LogP contribution is 2.25. The zero-order chi connectivity index (χ0) is 20.8. The molecule has 1 amide bonds. The van der Waals surface area contributed by atoms with Crippen LogP contribution in [0.3, 0.4) is 0 Å². The molecule has 152 valence electrons. The molecule has 1 N–H and O–H groups in total. The van der Waals surface area contributed by atoms with E-state index in [1.807, 2.05) is 67.8 Å². The van der Waals surface area contributed by atoms with E-state index in [1.165, 1.54) is 11.8 Å². The summed E-state index contributed by atoms with van der Waals surface area (Å²) in [6.45, 7) is 6.55. The molecule has 0 saturated carbocycles. The first-order valence-corrected chi connectivity index (χ1v) is 10.7. The molecule has 0 aliphatic carbocycles. The smallest absolute Gasteiger partial charge is 0.234 e. The molecular formula is C21H23ClN4O2S. The molecule has 29 heavy (non-hydrogen) atoms. The average molecular weight is 431 g/mol. The minimum absolute atomic E-state index is 0.129. The monoisotopic (exact) mass is 430 g/mol. The van der Waals surface area contributed by atoms with Gasteiger partial charge < -0.3 is 14.6 Å². The number of thioether (sulfide) groups is 1. The number of hydrogen-bond donors (Lipinski definition) is 1. The van der Waals surface area contributed by atoms with E-state index in [-0.39, 0.29) is 17.8 Å². The van der Waals surface area contributed by atoms with Crippen LogP contribution in [0.5, 0.6) is 5.75 Å². The van der Waals surface area contributed by atoms with Gasteiger partial charge in [-0.25, -0.2) is 0 Å². The van der Waals surface area contributed by atoms with Crippen molar-refractivity contribution in [3.63, 3.8) is 0 Å². The molecule has 0 saturated heterocycles. The molecule has 0 radical (unpaired) electrons. The number of carbonyl (C=O) groups is 1. The standard InChI is InChI=1S/C21H23ClN4O2S/c1-4-26-20(15(3)28-17-8-6-5-7-9-17)24-25-21(26)29-13-19(27)23-16-11-10-14(2)18(22)12-16/h5-12,15H,4,13H2,1-3H3,(H,23,27)/t15-/m0/s1. The van der Waals surface area contributed by atoms with Crippen molar-refractivity contribution in [2.45, 2.75) is 38.6 Å². The Morgan fingerprint density at radius 3 is 2.69 bits per heavy atom. The molecule has 0 bridgehead atoms. The van der Waals surface area contributed by atoms with E-state index in [0.717, 1.165) is 17.1 Å².